The van der Waals surface area contributed by atoms with Gasteiger partial charge < -0.3 is 20.5 Å². The Morgan fingerprint density at radius 1 is 1.26 bits per heavy atom. The number of thiophene rings is 1. The van der Waals surface area contributed by atoms with Crippen molar-refractivity contribution in [2.45, 2.75) is 26.0 Å². The first-order chi connectivity index (χ1) is 11.1. The maximum absolute atomic E-state index is 11.6. The summed E-state index contributed by atoms with van der Waals surface area (Å²) in [5, 5.41) is 16.7. The second-order valence-electron chi connectivity index (χ2n) is 5.28. The smallest absolute Gasteiger partial charge is 0.315 e. The Balaban J connectivity index is 1.83. The Bertz CT molecular complexity index is 623. The molecule has 2 rings (SSSR count). The lowest BCUT2D eigenvalue weighted by Gasteiger charge is -2.07. The van der Waals surface area contributed by atoms with Gasteiger partial charge in [0.05, 0.1) is 19.8 Å². The van der Waals surface area contributed by atoms with E-state index in [9.17, 15) is 4.79 Å². The number of hydrogen-bond donors (Lipinski definition) is 3. The van der Waals surface area contributed by atoms with Gasteiger partial charge in [0.1, 0.15) is 5.75 Å². The van der Waals surface area contributed by atoms with Crippen molar-refractivity contribution < 1.29 is 14.6 Å². The highest BCUT2D eigenvalue weighted by Gasteiger charge is 2.05. The molecule has 23 heavy (non-hydrogen) atoms. The van der Waals surface area contributed by atoms with Gasteiger partial charge in [-0.1, -0.05) is 12.1 Å². The van der Waals surface area contributed by atoms with Gasteiger partial charge in [-0.15, -0.1) is 11.3 Å². The van der Waals surface area contributed by atoms with Gasteiger partial charge in [-0.05, 0) is 48.1 Å². The molecular formula is C17H22N2O3S. The minimum absolute atomic E-state index is 0.218. The average Bonchev–Trinajstić information content (AvgIpc) is 3.01. The molecule has 2 aromatic rings. The number of nitrogens with one attached hydrogen (secondary N) is 2. The van der Waals surface area contributed by atoms with Gasteiger partial charge >= 0.3 is 6.03 Å². The van der Waals surface area contributed by atoms with E-state index in [1.54, 1.807) is 25.4 Å². The van der Waals surface area contributed by atoms with Crippen molar-refractivity contribution in [2.75, 3.05) is 13.7 Å². The van der Waals surface area contributed by atoms with Crippen LogP contribution in [0.1, 0.15) is 18.2 Å². The predicted octanol–water partition coefficient (Wildman–Crippen LogP) is 2.99. The Labute approximate surface area is 140 Å². The molecule has 1 atom stereocenters. The minimum Gasteiger partial charge on any atom is -0.497 e. The van der Waals surface area contributed by atoms with E-state index < -0.39 is 6.10 Å². The molecule has 0 bridgehead atoms. The molecule has 0 fully saturated rings. The highest BCUT2D eigenvalue weighted by atomic mass is 32.1. The van der Waals surface area contributed by atoms with Crippen LogP contribution >= 0.6 is 11.3 Å². The molecule has 0 aliphatic heterocycles. The molecule has 0 aliphatic carbocycles. The number of carbonyl (C=O) groups excluding carboxylic acids is 1. The summed E-state index contributed by atoms with van der Waals surface area (Å²) in [6.45, 7) is 2.65. The molecule has 0 radical (unpaired) electrons. The summed E-state index contributed by atoms with van der Waals surface area (Å²) in [6.07, 6.45) is 0.147. The normalized spacial score (nSPS) is 11.8. The lowest BCUT2D eigenvalue weighted by Crippen LogP contribution is -2.36. The first-order valence-corrected chi connectivity index (χ1v) is 8.38. The van der Waals surface area contributed by atoms with E-state index in [-0.39, 0.29) is 6.03 Å². The zero-order chi connectivity index (χ0) is 16.7. The number of amides is 2. The molecule has 2 amide bonds. The van der Waals surface area contributed by atoms with Crippen LogP contribution in [0, 0.1) is 0 Å². The van der Waals surface area contributed by atoms with Gasteiger partial charge in [-0.2, -0.15) is 0 Å². The monoisotopic (exact) mass is 334 g/mol. The number of aliphatic hydroxyl groups excluding tert-OH is 1. The maximum Gasteiger partial charge on any atom is 0.315 e. The van der Waals surface area contributed by atoms with Crippen molar-refractivity contribution >= 4 is 17.4 Å². The fraction of sp³-hybridized carbons (Fsp3) is 0.353. The first-order valence-electron chi connectivity index (χ1n) is 7.50. The molecule has 5 nitrogen and oxygen atoms in total. The van der Waals surface area contributed by atoms with E-state index in [1.165, 1.54) is 0 Å². The van der Waals surface area contributed by atoms with Crippen molar-refractivity contribution in [1.82, 2.24) is 10.6 Å². The predicted molar refractivity (Wildman–Crippen MR) is 92.8 cm³/mol. The summed E-state index contributed by atoms with van der Waals surface area (Å²) < 4.78 is 5.15. The quantitative estimate of drug-likeness (QED) is 0.729. The number of methoxy groups -OCH3 is 1. The molecule has 3 N–H and O–H groups in total. The van der Waals surface area contributed by atoms with Crippen LogP contribution in [0.15, 0.2) is 35.7 Å². The van der Waals surface area contributed by atoms with Gasteiger partial charge in [0.15, 0.2) is 0 Å². The fourth-order valence-corrected chi connectivity index (χ4v) is 2.87. The van der Waals surface area contributed by atoms with Crippen LogP contribution in [0.4, 0.5) is 4.79 Å². The number of carbonyl (C=O) groups is 1. The second-order valence-corrected chi connectivity index (χ2v) is 6.27. The van der Waals surface area contributed by atoms with Crippen LogP contribution in [-0.2, 0) is 6.54 Å². The largest absolute Gasteiger partial charge is 0.497 e. The number of urea groups is 1. The van der Waals surface area contributed by atoms with E-state index in [0.29, 0.717) is 19.5 Å². The summed E-state index contributed by atoms with van der Waals surface area (Å²) in [5.74, 6) is 0.833. The molecule has 0 saturated carbocycles. The van der Waals surface area contributed by atoms with Crippen LogP contribution < -0.4 is 15.4 Å². The third-order valence-electron chi connectivity index (χ3n) is 3.35. The van der Waals surface area contributed by atoms with Crippen molar-refractivity contribution in [3.05, 3.63) is 40.6 Å². The fourth-order valence-electron chi connectivity index (χ4n) is 2.03. The van der Waals surface area contributed by atoms with Crippen molar-refractivity contribution in [3.8, 4) is 16.9 Å². The second kappa shape index (κ2) is 8.55. The summed E-state index contributed by atoms with van der Waals surface area (Å²) >= 11 is 1.61. The number of aliphatic hydroxyl groups is 1. The van der Waals surface area contributed by atoms with Crippen LogP contribution in [-0.4, -0.2) is 30.9 Å². The highest BCUT2D eigenvalue weighted by molar-refractivity contribution is 7.10. The maximum atomic E-state index is 11.6. The lowest BCUT2D eigenvalue weighted by atomic mass is 10.1. The average molecular weight is 334 g/mol. The van der Waals surface area contributed by atoms with E-state index >= 15 is 0 Å². The molecule has 1 aromatic heterocycles. The Morgan fingerprint density at radius 3 is 2.65 bits per heavy atom. The van der Waals surface area contributed by atoms with E-state index in [1.807, 2.05) is 24.3 Å². The number of rotatable bonds is 7. The summed E-state index contributed by atoms with van der Waals surface area (Å²) in [7, 11) is 1.65. The van der Waals surface area contributed by atoms with E-state index in [4.69, 9.17) is 9.84 Å². The van der Waals surface area contributed by atoms with Gasteiger partial charge in [-0.25, -0.2) is 4.79 Å². The topological polar surface area (TPSA) is 70.6 Å². The summed E-state index contributed by atoms with van der Waals surface area (Å²) in [4.78, 5) is 12.7. The molecule has 0 aliphatic rings. The number of benzene rings is 1. The molecule has 0 saturated heterocycles. The third kappa shape index (κ3) is 5.58. The van der Waals surface area contributed by atoms with E-state index in [0.717, 1.165) is 21.8 Å². The number of ether oxygens (including phenoxy) is 1. The van der Waals surface area contributed by atoms with Crippen LogP contribution in [0.5, 0.6) is 5.75 Å². The standard InChI is InChI=1S/C17H22N2O3S/c1-12(20)7-8-18-17(21)19-10-16-9-14(11-23-16)13-3-5-15(22-2)6-4-13/h3-6,9,11-12,20H,7-8,10H2,1-2H3,(H2,18,19,21). The summed E-state index contributed by atoms with van der Waals surface area (Å²) in [5.41, 5.74) is 2.25. The van der Waals surface area contributed by atoms with Crippen molar-refractivity contribution in [3.63, 3.8) is 0 Å². The molecule has 1 aromatic carbocycles. The van der Waals surface area contributed by atoms with Crippen LogP contribution in [0.25, 0.3) is 11.1 Å². The van der Waals surface area contributed by atoms with Gasteiger partial charge in [0.2, 0.25) is 0 Å². The van der Waals surface area contributed by atoms with Crippen molar-refractivity contribution in [2.24, 2.45) is 0 Å². The van der Waals surface area contributed by atoms with Gasteiger partial charge in [0.25, 0.3) is 0 Å². The highest BCUT2D eigenvalue weighted by Crippen LogP contribution is 2.27. The summed E-state index contributed by atoms with van der Waals surface area (Å²) in [6, 6.07) is 9.75. The van der Waals surface area contributed by atoms with Crippen molar-refractivity contribution in [1.29, 1.82) is 0 Å². The van der Waals surface area contributed by atoms with Crippen LogP contribution in [0.2, 0.25) is 0 Å². The zero-order valence-electron chi connectivity index (χ0n) is 13.3. The molecule has 124 valence electrons. The molecule has 0 spiro atoms. The number of hydrogen-bond acceptors (Lipinski definition) is 4. The minimum atomic E-state index is -0.403. The van der Waals surface area contributed by atoms with Gasteiger partial charge in [-0.3, -0.25) is 0 Å². The van der Waals surface area contributed by atoms with Crippen LogP contribution in [0.3, 0.4) is 0 Å². The third-order valence-corrected chi connectivity index (χ3v) is 4.28. The molecule has 1 heterocycles. The Morgan fingerprint density at radius 2 is 2.00 bits per heavy atom. The van der Waals surface area contributed by atoms with Gasteiger partial charge in [0, 0.05) is 11.4 Å². The SMILES string of the molecule is COc1ccc(-c2csc(CNC(=O)NCCC(C)O)c2)cc1. The molecular weight excluding hydrogens is 312 g/mol. The molecule has 1 unspecified atom stereocenters. The Kier molecular flexibility index (Phi) is 6.43. The first kappa shape index (κ1) is 17.3. The molecule has 6 heteroatoms. The lowest BCUT2D eigenvalue weighted by molar-refractivity contribution is 0.183. The Hall–Kier alpha value is -2.05. The van der Waals surface area contributed by atoms with E-state index in [2.05, 4.69) is 22.1 Å². The zero-order valence-corrected chi connectivity index (χ0v) is 14.2.